The molecule has 7 rings (SSSR count). The summed E-state index contributed by atoms with van der Waals surface area (Å²) < 4.78 is 0. The van der Waals surface area contributed by atoms with E-state index in [1.807, 2.05) is 0 Å². The number of hydrogen-bond donors (Lipinski definition) is 0. The molecule has 0 heterocycles. The van der Waals surface area contributed by atoms with E-state index in [1.165, 1.54) is 77.2 Å². The van der Waals surface area contributed by atoms with Crippen LogP contribution in [0.25, 0.3) is 66.1 Å². The van der Waals surface area contributed by atoms with Crippen molar-refractivity contribution in [2.75, 3.05) is 0 Å². The highest BCUT2D eigenvalue weighted by atomic mass is 14.3. The Balaban J connectivity index is 1.71. The van der Waals surface area contributed by atoms with Gasteiger partial charge in [-0.2, -0.15) is 0 Å². The van der Waals surface area contributed by atoms with Crippen molar-refractivity contribution >= 4 is 21.5 Å². The average molecular weight is 595 g/mol. The van der Waals surface area contributed by atoms with E-state index in [0.29, 0.717) is 0 Å². The van der Waals surface area contributed by atoms with Gasteiger partial charge in [0.2, 0.25) is 0 Å². The molecule has 0 spiro atoms. The van der Waals surface area contributed by atoms with Gasteiger partial charge in [0.1, 0.15) is 0 Å². The molecule has 0 aliphatic carbocycles. The van der Waals surface area contributed by atoms with Crippen molar-refractivity contribution in [2.45, 2.75) is 52.4 Å². The Kier molecular flexibility index (Phi) is 7.41. The van der Waals surface area contributed by atoms with E-state index in [2.05, 4.69) is 187 Å². The van der Waals surface area contributed by atoms with Crippen molar-refractivity contribution in [2.24, 2.45) is 0 Å². The molecule has 7 aromatic carbocycles. The fourth-order valence-corrected chi connectivity index (χ4v) is 7.14. The molecule has 7 aromatic rings. The van der Waals surface area contributed by atoms with E-state index in [-0.39, 0.29) is 10.8 Å². The smallest absolute Gasteiger partial charge is 0.00232 e. The second-order valence-electron chi connectivity index (χ2n) is 14.6. The summed E-state index contributed by atoms with van der Waals surface area (Å²) in [7, 11) is 0. The molecule has 0 heteroatoms. The summed E-state index contributed by atoms with van der Waals surface area (Å²) in [6.07, 6.45) is 0. The van der Waals surface area contributed by atoms with Gasteiger partial charge in [0, 0.05) is 0 Å². The third-order valence-electron chi connectivity index (χ3n) is 9.34. The second-order valence-corrected chi connectivity index (χ2v) is 14.6. The Morgan fingerprint density at radius 1 is 0.304 bits per heavy atom. The zero-order chi connectivity index (χ0) is 32.1. The molecule has 0 nitrogen and oxygen atoms in total. The predicted octanol–water partition coefficient (Wildman–Crippen LogP) is 13.3. The highest BCUT2D eigenvalue weighted by molar-refractivity contribution is 6.23. The quantitative estimate of drug-likeness (QED) is 0.178. The van der Waals surface area contributed by atoms with E-state index in [9.17, 15) is 0 Å². The first-order chi connectivity index (χ1) is 22.1. The second kappa shape index (κ2) is 11.5. The van der Waals surface area contributed by atoms with Gasteiger partial charge in [-0.1, -0.05) is 175 Å². The van der Waals surface area contributed by atoms with Crippen LogP contribution in [0.2, 0.25) is 0 Å². The maximum atomic E-state index is 2.44. The zero-order valence-corrected chi connectivity index (χ0v) is 27.9. The minimum atomic E-state index is -0.0201. The topological polar surface area (TPSA) is 0 Å². The van der Waals surface area contributed by atoms with Gasteiger partial charge in [-0.05, 0) is 100 Å². The van der Waals surface area contributed by atoms with Crippen LogP contribution in [0, 0.1) is 0 Å². The van der Waals surface area contributed by atoms with Crippen LogP contribution in [0.5, 0.6) is 0 Å². The third kappa shape index (κ3) is 5.33. The maximum Gasteiger partial charge on any atom is -0.00232 e. The molecule has 0 radical (unpaired) electrons. The molecule has 0 aliphatic rings. The Hall–Kier alpha value is -4.94. The lowest BCUT2D eigenvalue weighted by atomic mass is 9.76. The lowest BCUT2D eigenvalue weighted by Gasteiger charge is -2.28. The molecule has 0 saturated heterocycles. The predicted molar refractivity (Wildman–Crippen MR) is 201 cm³/mol. The third-order valence-corrected chi connectivity index (χ3v) is 9.34. The lowest BCUT2D eigenvalue weighted by molar-refractivity contribution is 0.592. The molecular weight excluding hydrogens is 553 g/mol. The Labute approximate surface area is 274 Å². The fraction of sp³-hybridized carbons (Fsp3) is 0.174. The highest BCUT2D eigenvalue weighted by Crippen LogP contribution is 2.49. The standard InChI is InChI=1S/C46H42/c1-45(2,3)41-23-15-13-21-37(41)43-35-27-25-34(32-19-11-8-12-20-32)30-40(35)44(38-22-14-16-24-42(38)46(4,5)6)36-28-26-33(29-39(36)43)31-17-9-7-10-18-31/h7-30H,1-6H3. The van der Waals surface area contributed by atoms with Crippen molar-refractivity contribution < 1.29 is 0 Å². The summed E-state index contributed by atoms with van der Waals surface area (Å²) in [5.41, 5.74) is 12.8. The van der Waals surface area contributed by atoms with Crippen LogP contribution in [-0.4, -0.2) is 0 Å². The first-order valence-electron chi connectivity index (χ1n) is 16.5. The van der Waals surface area contributed by atoms with Crippen LogP contribution in [0.4, 0.5) is 0 Å². The number of fused-ring (bicyclic) bond motifs is 2. The van der Waals surface area contributed by atoms with Gasteiger partial charge in [-0.3, -0.25) is 0 Å². The Morgan fingerprint density at radius 2 is 0.652 bits per heavy atom. The molecule has 0 unspecified atom stereocenters. The van der Waals surface area contributed by atoms with E-state index < -0.39 is 0 Å². The van der Waals surface area contributed by atoms with E-state index in [4.69, 9.17) is 0 Å². The number of hydrogen-bond acceptors (Lipinski definition) is 0. The van der Waals surface area contributed by atoms with Gasteiger partial charge in [0.15, 0.2) is 0 Å². The molecule has 226 valence electrons. The number of benzene rings is 7. The molecule has 46 heavy (non-hydrogen) atoms. The first-order valence-corrected chi connectivity index (χ1v) is 16.5. The summed E-state index contributed by atoms with van der Waals surface area (Å²) in [6.45, 7) is 14.0. The van der Waals surface area contributed by atoms with Gasteiger partial charge in [-0.15, -0.1) is 0 Å². The molecule has 0 bridgehead atoms. The minimum Gasteiger partial charge on any atom is -0.0622 e. The molecular formula is C46H42. The summed E-state index contributed by atoms with van der Waals surface area (Å²) in [6, 6.07) is 53.9. The van der Waals surface area contributed by atoms with E-state index >= 15 is 0 Å². The molecule has 0 amide bonds. The summed E-state index contributed by atoms with van der Waals surface area (Å²) in [5.74, 6) is 0. The summed E-state index contributed by atoms with van der Waals surface area (Å²) in [4.78, 5) is 0. The van der Waals surface area contributed by atoms with Crippen molar-refractivity contribution in [1.29, 1.82) is 0 Å². The summed E-state index contributed by atoms with van der Waals surface area (Å²) >= 11 is 0. The van der Waals surface area contributed by atoms with Gasteiger partial charge in [0.05, 0.1) is 0 Å². The largest absolute Gasteiger partial charge is 0.0622 e. The van der Waals surface area contributed by atoms with E-state index in [1.54, 1.807) is 0 Å². The highest BCUT2D eigenvalue weighted by Gasteiger charge is 2.26. The van der Waals surface area contributed by atoms with Crippen LogP contribution < -0.4 is 0 Å². The monoisotopic (exact) mass is 594 g/mol. The van der Waals surface area contributed by atoms with Crippen molar-refractivity contribution in [3.05, 3.63) is 157 Å². The number of rotatable bonds is 4. The van der Waals surface area contributed by atoms with Gasteiger partial charge < -0.3 is 0 Å². The molecule has 0 aromatic heterocycles. The Bertz CT molecular complexity index is 2030. The average Bonchev–Trinajstić information content (AvgIpc) is 3.06. The maximum absolute atomic E-state index is 2.44. The van der Waals surface area contributed by atoms with Crippen LogP contribution in [0.15, 0.2) is 146 Å². The first kappa shape index (κ1) is 29.8. The molecule has 0 N–H and O–H groups in total. The van der Waals surface area contributed by atoms with Crippen molar-refractivity contribution in [3.8, 4) is 44.5 Å². The van der Waals surface area contributed by atoms with Crippen molar-refractivity contribution in [3.63, 3.8) is 0 Å². The van der Waals surface area contributed by atoms with E-state index in [0.717, 1.165) is 0 Å². The zero-order valence-electron chi connectivity index (χ0n) is 27.9. The lowest BCUT2D eigenvalue weighted by Crippen LogP contribution is -2.13. The fourth-order valence-electron chi connectivity index (χ4n) is 7.14. The molecule has 0 saturated carbocycles. The molecule has 0 aliphatic heterocycles. The van der Waals surface area contributed by atoms with Gasteiger partial charge >= 0.3 is 0 Å². The van der Waals surface area contributed by atoms with Crippen LogP contribution in [0.3, 0.4) is 0 Å². The van der Waals surface area contributed by atoms with Crippen molar-refractivity contribution in [1.82, 2.24) is 0 Å². The van der Waals surface area contributed by atoms with Crippen LogP contribution in [-0.2, 0) is 10.8 Å². The Morgan fingerprint density at radius 3 is 1.02 bits per heavy atom. The molecule has 0 atom stereocenters. The van der Waals surface area contributed by atoms with Gasteiger partial charge in [-0.25, -0.2) is 0 Å². The van der Waals surface area contributed by atoms with Crippen LogP contribution in [0.1, 0.15) is 52.7 Å². The normalized spacial score (nSPS) is 12.1. The SMILES string of the molecule is CC(C)(C)c1ccccc1-c1c2ccc(-c3ccccc3)cc2c(-c2ccccc2C(C)(C)C)c2ccc(-c3ccccc3)cc12. The van der Waals surface area contributed by atoms with Crippen LogP contribution >= 0.6 is 0 Å². The molecule has 0 fully saturated rings. The van der Waals surface area contributed by atoms with Gasteiger partial charge in [0.25, 0.3) is 0 Å². The minimum absolute atomic E-state index is 0.0201. The summed E-state index contributed by atoms with van der Waals surface area (Å²) in [5, 5.41) is 5.15.